The Morgan fingerprint density at radius 2 is 1.88 bits per heavy atom. The van der Waals surface area contributed by atoms with Gasteiger partial charge in [0.2, 0.25) is 11.6 Å². The molecule has 6 heteroatoms. The van der Waals surface area contributed by atoms with Crippen LogP contribution >= 0.6 is 11.3 Å². The van der Waals surface area contributed by atoms with Gasteiger partial charge in [-0.05, 0) is 6.07 Å². The minimum absolute atomic E-state index is 0.107. The van der Waals surface area contributed by atoms with Gasteiger partial charge < -0.3 is 0 Å². The van der Waals surface area contributed by atoms with Crippen molar-refractivity contribution < 1.29 is 14.5 Å². The summed E-state index contributed by atoms with van der Waals surface area (Å²) in [7, 11) is 0. The molecule has 0 amide bonds. The molecule has 0 spiro atoms. The predicted octanol–water partition coefficient (Wildman–Crippen LogP) is 2.15. The number of hydrogen-bond donors (Lipinski definition) is 0. The lowest BCUT2D eigenvalue weighted by molar-refractivity contribution is -0.380. The van der Waals surface area contributed by atoms with Crippen LogP contribution < -0.4 is 0 Å². The Hall–Kier alpha value is -2.08. The van der Waals surface area contributed by atoms with E-state index < -0.39 is 22.4 Å². The van der Waals surface area contributed by atoms with Crippen molar-refractivity contribution in [2.45, 2.75) is 0 Å². The van der Waals surface area contributed by atoms with Gasteiger partial charge in [-0.2, -0.15) is 0 Å². The summed E-state index contributed by atoms with van der Waals surface area (Å²) in [4.78, 5) is 33.4. The van der Waals surface area contributed by atoms with Gasteiger partial charge in [-0.1, -0.05) is 35.6 Å². The van der Waals surface area contributed by atoms with Crippen molar-refractivity contribution in [2.75, 3.05) is 0 Å². The van der Waals surface area contributed by atoms with Gasteiger partial charge in [0.05, 0.1) is 15.7 Å². The van der Waals surface area contributed by atoms with Crippen LogP contribution in [0.15, 0.2) is 36.4 Å². The van der Waals surface area contributed by atoms with E-state index in [1.807, 2.05) is 0 Å². The van der Waals surface area contributed by atoms with Crippen molar-refractivity contribution in [1.82, 2.24) is 0 Å². The highest BCUT2D eigenvalue weighted by Crippen LogP contribution is 2.25. The average Bonchev–Trinajstić information content (AvgIpc) is 2.97. The number of allylic oxidation sites excluding steroid dienone is 4. The Kier molecular flexibility index (Phi) is 2.97. The monoisotopic (exact) mass is 249 g/mol. The molecule has 86 valence electrons. The second-order valence-electron chi connectivity index (χ2n) is 3.38. The van der Waals surface area contributed by atoms with E-state index >= 15 is 0 Å². The van der Waals surface area contributed by atoms with E-state index in [9.17, 15) is 19.7 Å². The quantitative estimate of drug-likeness (QED) is 0.354. The number of Topliss-reactive ketones (excluding diaryl/α,β-unsaturated/α-hetero) is 2. The van der Waals surface area contributed by atoms with Gasteiger partial charge in [0.25, 0.3) is 0 Å². The lowest BCUT2D eigenvalue weighted by Crippen LogP contribution is -2.19. The highest BCUT2D eigenvalue weighted by Gasteiger charge is 2.26. The molecule has 0 aliphatic heterocycles. The molecule has 0 fully saturated rings. The molecule has 0 aromatic carbocycles. The summed E-state index contributed by atoms with van der Waals surface area (Å²) >= 11 is 0.719. The van der Waals surface area contributed by atoms with Gasteiger partial charge in [-0.15, -0.1) is 0 Å². The van der Waals surface area contributed by atoms with Crippen LogP contribution in [0.25, 0.3) is 0 Å². The first-order chi connectivity index (χ1) is 8.09. The van der Waals surface area contributed by atoms with Crippen LogP contribution in [0.4, 0.5) is 5.00 Å². The third kappa shape index (κ3) is 2.21. The molecule has 1 aliphatic rings. The van der Waals surface area contributed by atoms with Crippen LogP contribution in [-0.2, 0) is 4.79 Å². The highest BCUT2D eigenvalue weighted by atomic mass is 32.1. The van der Waals surface area contributed by atoms with E-state index in [-0.39, 0.29) is 9.88 Å². The van der Waals surface area contributed by atoms with E-state index in [0.29, 0.717) is 0 Å². The molecular weight excluding hydrogens is 242 g/mol. The second kappa shape index (κ2) is 4.42. The molecule has 0 radical (unpaired) electrons. The Labute approximate surface area is 100 Å². The summed E-state index contributed by atoms with van der Waals surface area (Å²) in [6.45, 7) is 0. The Balaban J connectivity index is 2.19. The SMILES string of the molecule is O=C(C(=O)C1C=CC=C1)c1ccc([N+](=O)[O-])s1. The van der Waals surface area contributed by atoms with Crippen LogP contribution in [0, 0.1) is 16.0 Å². The highest BCUT2D eigenvalue weighted by molar-refractivity contribution is 7.17. The van der Waals surface area contributed by atoms with E-state index in [1.54, 1.807) is 24.3 Å². The van der Waals surface area contributed by atoms with E-state index in [2.05, 4.69) is 0 Å². The van der Waals surface area contributed by atoms with Crippen LogP contribution in [0.5, 0.6) is 0 Å². The molecule has 0 saturated heterocycles. The van der Waals surface area contributed by atoms with Crippen LogP contribution in [0.1, 0.15) is 9.67 Å². The van der Waals surface area contributed by atoms with E-state index in [4.69, 9.17) is 0 Å². The molecule has 0 bridgehead atoms. The summed E-state index contributed by atoms with van der Waals surface area (Å²) in [5.41, 5.74) is 0. The van der Waals surface area contributed by atoms with Crippen molar-refractivity contribution in [1.29, 1.82) is 0 Å². The zero-order chi connectivity index (χ0) is 12.4. The fourth-order valence-electron chi connectivity index (χ4n) is 1.43. The Morgan fingerprint density at radius 1 is 1.24 bits per heavy atom. The van der Waals surface area contributed by atoms with Crippen molar-refractivity contribution in [2.24, 2.45) is 5.92 Å². The number of carbonyl (C=O) groups excluding carboxylic acids is 2. The maximum absolute atomic E-state index is 11.7. The molecule has 1 aliphatic carbocycles. The van der Waals surface area contributed by atoms with Gasteiger partial charge in [-0.3, -0.25) is 19.7 Å². The molecule has 1 aromatic rings. The third-order valence-corrected chi connectivity index (χ3v) is 3.31. The van der Waals surface area contributed by atoms with Crippen LogP contribution in [0.3, 0.4) is 0 Å². The molecule has 0 atom stereocenters. The van der Waals surface area contributed by atoms with Gasteiger partial charge >= 0.3 is 5.00 Å². The minimum Gasteiger partial charge on any atom is -0.289 e. The molecule has 5 nitrogen and oxygen atoms in total. The van der Waals surface area contributed by atoms with Gasteiger partial charge in [0, 0.05) is 6.07 Å². The standard InChI is InChI=1S/C11H7NO4S/c13-10(7-3-1-2-4-7)11(14)8-5-6-9(17-8)12(15)16/h1-7H. The Morgan fingerprint density at radius 3 is 2.41 bits per heavy atom. The predicted molar refractivity (Wildman–Crippen MR) is 62.1 cm³/mol. The number of ketones is 2. The van der Waals surface area contributed by atoms with Gasteiger partial charge in [0.1, 0.15) is 0 Å². The summed E-state index contributed by atoms with van der Waals surface area (Å²) in [6.07, 6.45) is 6.60. The summed E-state index contributed by atoms with van der Waals surface area (Å²) in [5, 5.41) is 10.3. The van der Waals surface area contributed by atoms with Gasteiger partial charge in [0.15, 0.2) is 0 Å². The fraction of sp³-hybridized carbons (Fsp3) is 0.0909. The second-order valence-corrected chi connectivity index (χ2v) is 4.45. The van der Waals surface area contributed by atoms with Crippen molar-refractivity contribution in [3.63, 3.8) is 0 Å². The first-order valence-corrected chi connectivity index (χ1v) is 5.59. The molecular formula is C11H7NO4S. The summed E-state index contributed by atoms with van der Waals surface area (Å²) in [6, 6.07) is 2.54. The molecule has 17 heavy (non-hydrogen) atoms. The molecule has 1 heterocycles. The number of nitrogens with zero attached hydrogens (tertiary/aromatic N) is 1. The van der Waals surface area contributed by atoms with Crippen LogP contribution in [0.2, 0.25) is 0 Å². The number of hydrogen-bond acceptors (Lipinski definition) is 5. The average molecular weight is 249 g/mol. The molecule has 1 aromatic heterocycles. The molecule has 0 saturated carbocycles. The lowest BCUT2D eigenvalue weighted by atomic mass is 10.0. The Bertz CT molecular complexity index is 544. The van der Waals surface area contributed by atoms with Gasteiger partial charge in [-0.25, -0.2) is 0 Å². The fourth-order valence-corrected chi connectivity index (χ4v) is 2.19. The topological polar surface area (TPSA) is 77.3 Å². The van der Waals surface area contributed by atoms with E-state index in [1.165, 1.54) is 12.1 Å². The number of rotatable bonds is 4. The van der Waals surface area contributed by atoms with Crippen molar-refractivity contribution in [3.05, 3.63) is 51.4 Å². The first-order valence-electron chi connectivity index (χ1n) is 4.77. The summed E-state index contributed by atoms with van der Waals surface area (Å²) in [5.74, 6) is -1.78. The molecule has 2 rings (SSSR count). The zero-order valence-electron chi connectivity index (χ0n) is 8.53. The molecule has 0 N–H and O–H groups in total. The first kappa shape index (κ1) is 11.4. The third-order valence-electron chi connectivity index (χ3n) is 2.27. The van der Waals surface area contributed by atoms with Crippen molar-refractivity contribution in [3.8, 4) is 0 Å². The maximum atomic E-state index is 11.7. The maximum Gasteiger partial charge on any atom is 0.324 e. The summed E-state index contributed by atoms with van der Waals surface area (Å²) < 4.78 is 0. The van der Waals surface area contributed by atoms with Crippen molar-refractivity contribution >= 4 is 27.9 Å². The number of nitro groups is 1. The largest absolute Gasteiger partial charge is 0.324 e. The zero-order valence-corrected chi connectivity index (χ0v) is 9.35. The minimum atomic E-state index is -0.677. The molecule has 0 unspecified atom stereocenters. The number of thiophene rings is 1. The normalized spacial score (nSPS) is 14.1. The lowest BCUT2D eigenvalue weighted by Gasteiger charge is -2.00. The van der Waals surface area contributed by atoms with E-state index in [0.717, 1.165) is 11.3 Å². The smallest absolute Gasteiger partial charge is 0.289 e. The van der Waals surface area contributed by atoms with Crippen LogP contribution in [-0.4, -0.2) is 16.5 Å². The number of carbonyl (C=O) groups is 2.